The summed E-state index contributed by atoms with van der Waals surface area (Å²) in [6.45, 7) is 4.65. The van der Waals surface area contributed by atoms with Gasteiger partial charge in [0.25, 0.3) is 0 Å². The molecule has 1 rings (SSSR count). The largest absolute Gasteiger partial charge is 0.399 e. The Balaban J connectivity index is 2.59. The predicted molar refractivity (Wildman–Crippen MR) is 76.2 cm³/mol. The van der Waals surface area contributed by atoms with Crippen LogP contribution < -0.4 is 10.5 Å². The first-order valence-corrected chi connectivity index (χ1v) is 8.04. The molecule has 0 spiro atoms. The predicted octanol–water partition coefficient (Wildman–Crippen LogP) is 1.89. The van der Waals surface area contributed by atoms with Crippen LogP contribution >= 0.6 is 0 Å². The molecule has 120 valence electrons. The Morgan fingerprint density at radius 2 is 1.81 bits per heavy atom. The summed E-state index contributed by atoms with van der Waals surface area (Å²) in [5.74, 6) is -1.96. The average Bonchev–Trinajstić information content (AvgIpc) is 2.31. The quantitative estimate of drug-likeness (QED) is 0.566. The zero-order valence-electron chi connectivity index (χ0n) is 12.0. The van der Waals surface area contributed by atoms with Crippen molar-refractivity contribution in [1.82, 2.24) is 4.72 Å². The Hall–Kier alpha value is -1.25. The summed E-state index contributed by atoms with van der Waals surface area (Å²) >= 11 is 0. The Morgan fingerprint density at radius 1 is 1.24 bits per heavy atom. The SMILES string of the molecule is CC(C)CCOCCNS(=O)(=O)c1c(F)cc(N)cc1F. The third-order valence-electron chi connectivity index (χ3n) is 2.67. The molecule has 0 bridgehead atoms. The van der Waals surface area contributed by atoms with E-state index in [-0.39, 0.29) is 18.8 Å². The highest BCUT2D eigenvalue weighted by Gasteiger charge is 2.24. The van der Waals surface area contributed by atoms with E-state index >= 15 is 0 Å². The second kappa shape index (κ2) is 7.67. The molecule has 5 nitrogen and oxygen atoms in total. The highest BCUT2D eigenvalue weighted by molar-refractivity contribution is 7.89. The maximum absolute atomic E-state index is 13.6. The maximum atomic E-state index is 13.6. The number of halogens is 2. The highest BCUT2D eigenvalue weighted by atomic mass is 32.2. The van der Waals surface area contributed by atoms with Crippen LogP contribution in [0.3, 0.4) is 0 Å². The lowest BCUT2D eigenvalue weighted by atomic mass is 10.1. The molecule has 8 heteroatoms. The summed E-state index contributed by atoms with van der Waals surface area (Å²) < 4.78 is 58.1. The fraction of sp³-hybridized carbons (Fsp3) is 0.538. The van der Waals surface area contributed by atoms with Gasteiger partial charge < -0.3 is 10.5 Å². The number of sulfonamides is 1. The smallest absolute Gasteiger partial charge is 0.246 e. The van der Waals surface area contributed by atoms with Gasteiger partial charge in [-0.05, 0) is 24.5 Å². The van der Waals surface area contributed by atoms with Gasteiger partial charge in [-0.25, -0.2) is 21.9 Å². The Bertz CT molecular complexity index is 554. The molecule has 0 saturated heterocycles. The molecule has 0 fully saturated rings. The van der Waals surface area contributed by atoms with Crippen molar-refractivity contribution < 1.29 is 21.9 Å². The second-order valence-corrected chi connectivity index (χ2v) is 6.71. The second-order valence-electron chi connectivity index (χ2n) is 5.01. The molecule has 0 unspecified atom stereocenters. The van der Waals surface area contributed by atoms with Crippen molar-refractivity contribution in [2.75, 3.05) is 25.5 Å². The minimum atomic E-state index is -4.28. The first kappa shape index (κ1) is 17.8. The molecule has 0 saturated carbocycles. The minimum absolute atomic E-state index is 0.0658. The van der Waals surface area contributed by atoms with E-state index in [1.165, 1.54) is 0 Å². The van der Waals surface area contributed by atoms with Crippen molar-refractivity contribution in [3.05, 3.63) is 23.8 Å². The summed E-state index contributed by atoms with van der Waals surface area (Å²) in [4.78, 5) is -1.03. The van der Waals surface area contributed by atoms with E-state index < -0.39 is 26.6 Å². The number of anilines is 1. The summed E-state index contributed by atoms with van der Waals surface area (Å²) in [5, 5.41) is 0. The van der Waals surface area contributed by atoms with Gasteiger partial charge in [0, 0.05) is 18.8 Å². The molecule has 21 heavy (non-hydrogen) atoms. The fourth-order valence-corrected chi connectivity index (χ4v) is 2.71. The standard InChI is InChI=1S/C13H20F2N2O3S/c1-9(2)3-5-20-6-4-17-21(18,19)13-11(14)7-10(16)8-12(13)15/h7-9,17H,3-6,16H2,1-2H3. The zero-order chi connectivity index (χ0) is 16.0. The Morgan fingerprint density at radius 3 is 2.33 bits per heavy atom. The molecular weight excluding hydrogens is 302 g/mol. The van der Waals surface area contributed by atoms with E-state index in [0.29, 0.717) is 12.5 Å². The molecule has 0 atom stereocenters. The monoisotopic (exact) mass is 322 g/mol. The fourth-order valence-electron chi connectivity index (χ4n) is 1.58. The molecule has 0 amide bonds. The van der Waals surface area contributed by atoms with E-state index in [0.717, 1.165) is 18.6 Å². The average molecular weight is 322 g/mol. The summed E-state index contributed by atoms with van der Waals surface area (Å²) in [6.07, 6.45) is 0.855. The molecule has 0 radical (unpaired) electrons. The first-order valence-electron chi connectivity index (χ1n) is 6.56. The van der Waals surface area contributed by atoms with Crippen LogP contribution in [-0.2, 0) is 14.8 Å². The van der Waals surface area contributed by atoms with Gasteiger partial charge in [0.2, 0.25) is 10.0 Å². The summed E-state index contributed by atoms with van der Waals surface area (Å²) in [5.41, 5.74) is 5.06. The van der Waals surface area contributed by atoms with Crippen molar-refractivity contribution in [1.29, 1.82) is 0 Å². The van der Waals surface area contributed by atoms with Crippen LogP contribution in [0.25, 0.3) is 0 Å². The van der Waals surface area contributed by atoms with Crippen LogP contribution in [0.15, 0.2) is 17.0 Å². The third kappa shape index (κ3) is 5.56. The molecule has 0 aliphatic carbocycles. The molecule has 1 aromatic rings. The lowest BCUT2D eigenvalue weighted by molar-refractivity contribution is 0.128. The van der Waals surface area contributed by atoms with Crippen LogP contribution in [0.1, 0.15) is 20.3 Å². The summed E-state index contributed by atoms with van der Waals surface area (Å²) in [6, 6.07) is 1.52. The van der Waals surface area contributed by atoms with Gasteiger partial charge in [-0.1, -0.05) is 13.8 Å². The Kier molecular flexibility index (Phi) is 6.50. The van der Waals surface area contributed by atoms with Crippen molar-refractivity contribution in [3.8, 4) is 0 Å². The number of benzene rings is 1. The van der Waals surface area contributed by atoms with Crippen LogP contribution in [0, 0.1) is 17.6 Å². The van der Waals surface area contributed by atoms with E-state index in [1.807, 2.05) is 13.8 Å². The molecule has 0 aliphatic heterocycles. The lowest BCUT2D eigenvalue weighted by Crippen LogP contribution is -2.29. The van der Waals surface area contributed by atoms with E-state index in [9.17, 15) is 17.2 Å². The molecule has 0 aromatic heterocycles. The third-order valence-corrected chi connectivity index (χ3v) is 4.18. The minimum Gasteiger partial charge on any atom is -0.399 e. The van der Waals surface area contributed by atoms with Gasteiger partial charge >= 0.3 is 0 Å². The van der Waals surface area contributed by atoms with Gasteiger partial charge in [0.1, 0.15) is 11.6 Å². The van der Waals surface area contributed by atoms with E-state index in [1.54, 1.807) is 0 Å². The van der Waals surface area contributed by atoms with Crippen LogP contribution in [0.4, 0.5) is 14.5 Å². The van der Waals surface area contributed by atoms with Crippen LogP contribution in [0.5, 0.6) is 0 Å². The van der Waals surface area contributed by atoms with Gasteiger partial charge in [-0.15, -0.1) is 0 Å². The van der Waals surface area contributed by atoms with Crippen molar-refractivity contribution in [3.63, 3.8) is 0 Å². The zero-order valence-corrected chi connectivity index (χ0v) is 12.8. The van der Waals surface area contributed by atoms with Crippen molar-refractivity contribution in [2.24, 2.45) is 5.92 Å². The van der Waals surface area contributed by atoms with Crippen LogP contribution in [-0.4, -0.2) is 28.2 Å². The molecular formula is C13H20F2N2O3S. The molecule has 0 aliphatic rings. The lowest BCUT2D eigenvalue weighted by Gasteiger charge is -2.10. The van der Waals surface area contributed by atoms with Gasteiger partial charge in [-0.2, -0.15) is 0 Å². The highest BCUT2D eigenvalue weighted by Crippen LogP contribution is 2.21. The number of nitrogens with one attached hydrogen (secondary N) is 1. The molecule has 1 aromatic carbocycles. The van der Waals surface area contributed by atoms with Gasteiger partial charge in [-0.3, -0.25) is 0 Å². The maximum Gasteiger partial charge on any atom is 0.246 e. The number of hydrogen-bond acceptors (Lipinski definition) is 4. The molecule has 0 heterocycles. The number of nitrogen functional groups attached to an aromatic ring is 1. The first-order chi connectivity index (χ1) is 9.74. The van der Waals surface area contributed by atoms with Crippen molar-refractivity contribution in [2.45, 2.75) is 25.2 Å². The molecule has 3 N–H and O–H groups in total. The van der Waals surface area contributed by atoms with E-state index in [4.69, 9.17) is 10.5 Å². The Labute approximate surface area is 123 Å². The van der Waals surface area contributed by atoms with Crippen molar-refractivity contribution >= 4 is 15.7 Å². The summed E-state index contributed by atoms with van der Waals surface area (Å²) in [7, 11) is -4.28. The number of hydrogen-bond donors (Lipinski definition) is 2. The number of ether oxygens (including phenoxy) is 1. The van der Waals surface area contributed by atoms with Gasteiger partial charge in [0.15, 0.2) is 4.90 Å². The normalized spacial score (nSPS) is 12.0. The van der Waals surface area contributed by atoms with Gasteiger partial charge in [0.05, 0.1) is 6.61 Å². The van der Waals surface area contributed by atoms with Crippen LogP contribution in [0.2, 0.25) is 0 Å². The number of rotatable bonds is 8. The topological polar surface area (TPSA) is 81.4 Å². The van der Waals surface area contributed by atoms with E-state index in [2.05, 4.69) is 4.72 Å². The number of nitrogens with two attached hydrogens (primary N) is 1.